The van der Waals surface area contributed by atoms with Gasteiger partial charge in [0.2, 0.25) is 0 Å². The minimum atomic E-state index is 0.0462. The normalized spacial score (nSPS) is 21.0. The van der Waals surface area contributed by atoms with E-state index in [0.29, 0.717) is 5.92 Å². The monoisotopic (exact) mass is 331 g/mol. The lowest BCUT2D eigenvalue weighted by molar-refractivity contribution is 0.149. The zero-order chi connectivity index (χ0) is 14.1. The van der Waals surface area contributed by atoms with E-state index in [1.165, 1.54) is 5.56 Å². The van der Waals surface area contributed by atoms with Crippen LogP contribution >= 0.6 is 15.9 Å². The molecule has 1 aliphatic heterocycles. The van der Waals surface area contributed by atoms with E-state index < -0.39 is 0 Å². The Balaban J connectivity index is 1.99. The van der Waals surface area contributed by atoms with E-state index >= 15 is 0 Å². The number of rotatable bonds is 2. The smallest absolute Gasteiger partial charge is 0.144 e. The van der Waals surface area contributed by atoms with Crippen molar-refractivity contribution in [2.24, 2.45) is 5.92 Å². The van der Waals surface area contributed by atoms with Gasteiger partial charge in [-0.15, -0.1) is 0 Å². The van der Waals surface area contributed by atoms with Crippen LogP contribution in [0.5, 0.6) is 5.75 Å². The average Bonchev–Trinajstić information content (AvgIpc) is 2.46. The number of hydrogen-bond acceptors (Lipinski definition) is 2. The van der Waals surface area contributed by atoms with Gasteiger partial charge in [0.25, 0.3) is 0 Å². The summed E-state index contributed by atoms with van der Waals surface area (Å²) in [6.45, 7) is 4.44. The molecular formula is C17H18BrNO. The van der Waals surface area contributed by atoms with Crippen LogP contribution < -0.4 is 10.1 Å². The highest BCUT2D eigenvalue weighted by atomic mass is 79.9. The molecule has 2 unspecified atom stereocenters. The van der Waals surface area contributed by atoms with Crippen LogP contribution in [0.2, 0.25) is 0 Å². The first-order valence-corrected chi connectivity index (χ1v) is 7.72. The summed E-state index contributed by atoms with van der Waals surface area (Å²) in [7, 11) is 0. The van der Waals surface area contributed by atoms with Crippen molar-refractivity contribution in [3.8, 4) is 5.75 Å². The Kier molecular flexibility index (Phi) is 3.70. The van der Waals surface area contributed by atoms with Crippen LogP contribution in [-0.2, 0) is 0 Å². The molecule has 0 radical (unpaired) electrons. The first kappa shape index (κ1) is 13.5. The minimum Gasteiger partial charge on any atom is -0.481 e. The van der Waals surface area contributed by atoms with E-state index in [1.54, 1.807) is 0 Å². The molecule has 0 saturated heterocycles. The summed E-state index contributed by atoms with van der Waals surface area (Å²) in [5, 5.41) is 3.63. The number of halogens is 1. The third-order valence-electron chi connectivity index (χ3n) is 3.69. The van der Waals surface area contributed by atoms with Crippen LogP contribution in [0.3, 0.4) is 0 Å². The molecule has 1 N–H and O–H groups in total. The van der Waals surface area contributed by atoms with Crippen molar-refractivity contribution >= 4 is 21.6 Å². The Morgan fingerprint density at radius 1 is 1.10 bits per heavy atom. The molecule has 0 spiro atoms. The van der Waals surface area contributed by atoms with E-state index in [-0.39, 0.29) is 12.1 Å². The molecule has 0 bridgehead atoms. The summed E-state index contributed by atoms with van der Waals surface area (Å²) < 4.78 is 7.33. The number of ether oxygens (including phenoxy) is 1. The van der Waals surface area contributed by atoms with Gasteiger partial charge in [-0.25, -0.2) is 0 Å². The molecule has 20 heavy (non-hydrogen) atoms. The molecule has 2 aromatic carbocycles. The van der Waals surface area contributed by atoms with E-state index in [2.05, 4.69) is 65.4 Å². The molecule has 0 amide bonds. The predicted molar refractivity (Wildman–Crippen MR) is 86.2 cm³/mol. The van der Waals surface area contributed by atoms with Gasteiger partial charge in [0.05, 0.1) is 11.7 Å². The lowest BCUT2D eigenvalue weighted by atomic mass is 9.91. The zero-order valence-corrected chi connectivity index (χ0v) is 13.2. The van der Waals surface area contributed by atoms with Crippen LogP contribution in [0.15, 0.2) is 53.0 Å². The second-order valence-corrected chi connectivity index (χ2v) is 6.42. The molecule has 1 aliphatic rings. The lowest BCUT2D eigenvalue weighted by Gasteiger charge is -2.37. The number of benzene rings is 2. The van der Waals surface area contributed by atoms with Gasteiger partial charge in [0.15, 0.2) is 0 Å². The highest BCUT2D eigenvalue weighted by Crippen LogP contribution is 2.40. The maximum Gasteiger partial charge on any atom is 0.144 e. The number of anilines is 1. The Morgan fingerprint density at radius 2 is 1.85 bits per heavy atom. The van der Waals surface area contributed by atoms with E-state index in [4.69, 9.17) is 4.74 Å². The van der Waals surface area contributed by atoms with E-state index in [0.717, 1.165) is 15.9 Å². The van der Waals surface area contributed by atoms with Crippen molar-refractivity contribution in [3.05, 3.63) is 58.6 Å². The molecule has 2 aromatic rings. The fourth-order valence-electron chi connectivity index (χ4n) is 2.62. The van der Waals surface area contributed by atoms with Crippen LogP contribution in [0.25, 0.3) is 0 Å². The highest BCUT2D eigenvalue weighted by Gasteiger charge is 2.32. The molecule has 0 saturated carbocycles. The fourth-order valence-corrected chi connectivity index (χ4v) is 2.98. The number of nitrogens with one attached hydrogen (secondary N) is 1. The summed E-state index contributed by atoms with van der Waals surface area (Å²) in [4.78, 5) is 0. The van der Waals surface area contributed by atoms with Gasteiger partial charge in [-0.3, -0.25) is 0 Å². The quantitative estimate of drug-likeness (QED) is 0.834. The standard InChI is InChI=1S/C17H18BrNO/c1-11(2)16-17(12-6-4-3-5-7-12)20-15-9-8-13(18)10-14(15)19-16/h3-11,16-17,19H,1-2H3. The van der Waals surface area contributed by atoms with Gasteiger partial charge in [-0.2, -0.15) is 0 Å². The van der Waals surface area contributed by atoms with Gasteiger partial charge >= 0.3 is 0 Å². The Hall–Kier alpha value is -1.48. The molecule has 3 heteroatoms. The van der Waals surface area contributed by atoms with Crippen molar-refractivity contribution in [2.45, 2.75) is 26.0 Å². The molecule has 0 aliphatic carbocycles. The van der Waals surface area contributed by atoms with Crippen LogP contribution in [-0.4, -0.2) is 6.04 Å². The number of hydrogen-bond donors (Lipinski definition) is 1. The Labute approximate surface area is 128 Å². The van der Waals surface area contributed by atoms with Gasteiger partial charge in [0.1, 0.15) is 11.9 Å². The third-order valence-corrected chi connectivity index (χ3v) is 4.18. The first-order valence-electron chi connectivity index (χ1n) is 6.93. The first-order chi connectivity index (χ1) is 9.65. The average molecular weight is 332 g/mol. The SMILES string of the molecule is CC(C)C1Nc2cc(Br)ccc2OC1c1ccccc1. The Morgan fingerprint density at radius 3 is 2.55 bits per heavy atom. The summed E-state index contributed by atoms with van der Waals surface area (Å²) in [5.74, 6) is 1.39. The van der Waals surface area contributed by atoms with Gasteiger partial charge in [-0.1, -0.05) is 60.1 Å². The van der Waals surface area contributed by atoms with Crippen molar-refractivity contribution in [1.82, 2.24) is 0 Å². The van der Waals surface area contributed by atoms with Crippen molar-refractivity contribution < 1.29 is 4.74 Å². The third kappa shape index (κ3) is 2.55. The second kappa shape index (κ2) is 5.49. The van der Waals surface area contributed by atoms with Crippen molar-refractivity contribution in [1.29, 1.82) is 0 Å². The molecule has 0 fully saturated rings. The van der Waals surface area contributed by atoms with E-state index in [1.807, 2.05) is 18.2 Å². The molecule has 0 aromatic heterocycles. The molecule has 2 atom stereocenters. The molecule has 2 nitrogen and oxygen atoms in total. The van der Waals surface area contributed by atoms with Gasteiger partial charge in [0, 0.05) is 4.47 Å². The summed E-state index contributed by atoms with van der Waals surface area (Å²) in [5.41, 5.74) is 2.28. The summed E-state index contributed by atoms with van der Waals surface area (Å²) in [6.07, 6.45) is 0.0462. The fraction of sp³-hybridized carbons (Fsp3) is 0.294. The van der Waals surface area contributed by atoms with Crippen molar-refractivity contribution in [2.75, 3.05) is 5.32 Å². The second-order valence-electron chi connectivity index (χ2n) is 5.50. The topological polar surface area (TPSA) is 21.3 Å². The molecular weight excluding hydrogens is 314 g/mol. The number of fused-ring (bicyclic) bond motifs is 1. The predicted octanol–water partition coefficient (Wildman–Crippen LogP) is 5.02. The van der Waals surface area contributed by atoms with Crippen LogP contribution in [0, 0.1) is 5.92 Å². The molecule has 104 valence electrons. The highest BCUT2D eigenvalue weighted by molar-refractivity contribution is 9.10. The molecule has 1 heterocycles. The maximum atomic E-state index is 6.26. The van der Waals surface area contributed by atoms with Crippen LogP contribution in [0.1, 0.15) is 25.5 Å². The Bertz CT molecular complexity index is 597. The zero-order valence-electron chi connectivity index (χ0n) is 11.6. The van der Waals surface area contributed by atoms with Gasteiger partial charge < -0.3 is 10.1 Å². The minimum absolute atomic E-state index is 0.0462. The maximum absolute atomic E-state index is 6.26. The van der Waals surface area contributed by atoms with Crippen LogP contribution in [0.4, 0.5) is 5.69 Å². The van der Waals surface area contributed by atoms with E-state index in [9.17, 15) is 0 Å². The summed E-state index contributed by atoms with van der Waals surface area (Å²) >= 11 is 3.51. The van der Waals surface area contributed by atoms with Crippen molar-refractivity contribution in [3.63, 3.8) is 0 Å². The summed E-state index contributed by atoms with van der Waals surface area (Å²) in [6, 6.07) is 16.8. The largest absolute Gasteiger partial charge is 0.481 e. The van der Waals surface area contributed by atoms with Gasteiger partial charge in [-0.05, 0) is 29.7 Å². The lowest BCUT2D eigenvalue weighted by Crippen LogP contribution is -2.38. The molecule has 3 rings (SSSR count).